The number of para-hydroxylation sites is 1. The summed E-state index contributed by atoms with van der Waals surface area (Å²) in [6.45, 7) is 0. The molecule has 0 aromatic heterocycles. The standard InChI is InChI=1S/C17H18ClNO4/c1-22-15-10-16(23-2)13(9-12(15)18)19-17(21)8-7-11-5-3-4-6-14(11)20/h3-6,9-10,20H,7-8H2,1-2H3,(H,19,21). The molecule has 0 radical (unpaired) electrons. The summed E-state index contributed by atoms with van der Waals surface area (Å²) < 4.78 is 10.3. The van der Waals surface area contributed by atoms with Crippen molar-refractivity contribution in [2.24, 2.45) is 0 Å². The molecule has 0 aliphatic heterocycles. The minimum atomic E-state index is -0.201. The van der Waals surface area contributed by atoms with Crippen LogP contribution >= 0.6 is 11.6 Å². The third kappa shape index (κ3) is 4.29. The quantitative estimate of drug-likeness (QED) is 0.845. The number of carbonyl (C=O) groups is 1. The lowest BCUT2D eigenvalue weighted by Gasteiger charge is -2.13. The maximum Gasteiger partial charge on any atom is 0.224 e. The number of hydrogen-bond acceptors (Lipinski definition) is 4. The molecule has 0 aliphatic carbocycles. The summed E-state index contributed by atoms with van der Waals surface area (Å²) in [6, 6.07) is 10.1. The molecule has 2 aromatic rings. The second kappa shape index (κ2) is 7.74. The summed E-state index contributed by atoms with van der Waals surface area (Å²) in [5, 5.41) is 12.8. The Labute approximate surface area is 139 Å². The van der Waals surface area contributed by atoms with Gasteiger partial charge in [-0.3, -0.25) is 4.79 Å². The highest BCUT2D eigenvalue weighted by Crippen LogP contribution is 2.36. The fourth-order valence-electron chi connectivity index (χ4n) is 2.14. The summed E-state index contributed by atoms with van der Waals surface area (Å²) in [5.74, 6) is 0.913. The zero-order valence-corrected chi connectivity index (χ0v) is 13.7. The van der Waals surface area contributed by atoms with Crippen molar-refractivity contribution in [3.05, 3.63) is 47.0 Å². The fourth-order valence-corrected chi connectivity index (χ4v) is 2.38. The topological polar surface area (TPSA) is 67.8 Å². The molecule has 5 nitrogen and oxygen atoms in total. The highest BCUT2D eigenvalue weighted by atomic mass is 35.5. The lowest BCUT2D eigenvalue weighted by Crippen LogP contribution is -2.13. The molecule has 0 bridgehead atoms. The Morgan fingerprint density at radius 1 is 1.17 bits per heavy atom. The van der Waals surface area contributed by atoms with E-state index in [0.717, 1.165) is 5.56 Å². The molecule has 122 valence electrons. The molecule has 23 heavy (non-hydrogen) atoms. The smallest absolute Gasteiger partial charge is 0.224 e. The number of amides is 1. The zero-order chi connectivity index (χ0) is 16.8. The van der Waals surface area contributed by atoms with Gasteiger partial charge in [-0.15, -0.1) is 0 Å². The number of hydrogen-bond donors (Lipinski definition) is 2. The SMILES string of the molecule is COc1cc(OC)c(NC(=O)CCc2ccccc2O)cc1Cl. The molecule has 0 fully saturated rings. The van der Waals surface area contributed by atoms with Crippen LogP contribution in [0.15, 0.2) is 36.4 Å². The van der Waals surface area contributed by atoms with Gasteiger partial charge in [-0.2, -0.15) is 0 Å². The van der Waals surface area contributed by atoms with Crippen LogP contribution in [0.3, 0.4) is 0 Å². The van der Waals surface area contributed by atoms with Gasteiger partial charge < -0.3 is 19.9 Å². The molecule has 0 spiro atoms. The minimum absolute atomic E-state index is 0.186. The molecule has 0 saturated carbocycles. The summed E-state index contributed by atoms with van der Waals surface area (Å²) in [7, 11) is 3.01. The van der Waals surface area contributed by atoms with Gasteiger partial charge in [0.25, 0.3) is 0 Å². The number of ether oxygens (including phenoxy) is 2. The van der Waals surface area contributed by atoms with Crippen LogP contribution < -0.4 is 14.8 Å². The van der Waals surface area contributed by atoms with Gasteiger partial charge in [-0.25, -0.2) is 0 Å². The van der Waals surface area contributed by atoms with Crippen molar-refractivity contribution < 1.29 is 19.4 Å². The van der Waals surface area contributed by atoms with Gasteiger partial charge in [0, 0.05) is 12.5 Å². The largest absolute Gasteiger partial charge is 0.508 e. The van der Waals surface area contributed by atoms with Crippen molar-refractivity contribution >= 4 is 23.2 Å². The molecule has 0 heterocycles. The second-order valence-corrected chi connectivity index (χ2v) is 5.27. The van der Waals surface area contributed by atoms with Crippen LogP contribution in [0.4, 0.5) is 5.69 Å². The van der Waals surface area contributed by atoms with E-state index in [9.17, 15) is 9.90 Å². The van der Waals surface area contributed by atoms with E-state index < -0.39 is 0 Å². The van der Waals surface area contributed by atoms with Crippen molar-refractivity contribution in [3.8, 4) is 17.2 Å². The van der Waals surface area contributed by atoms with Crippen LogP contribution in [0.5, 0.6) is 17.2 Å². The van der Waals surface area contributed by atoms with Crippen molar-refractivity contribution in [3.63, 3.8) is 0 Å². The Balaban J connectivity index is 2.05. The first kappa shape index (κ1) is 17.0. The highest BCUT2D eigenvalue weighted by Gasteiger charge is 2.13. The number of nitrogens with one attached hydrogen (secondary N) is 1. The Hall–Kier alpha value is -2.40. The van der Waals surface area contributed by atoms with E-state index in [4.69, 9.17) is 21.1 Å². The number of benzene rings is 2. The molecule has 1 amide bonds. The van der Waals surface area contributed by atoms with E-state index in [1.165, 1.54) is 14.2 Å². The Bertz CT molecular complexity index is 703. The Morgan fingerprint density at radius 2 is 1.87 bits per heavy atom. The number of phenolic OH excluding ortho intramolecular Hbond substituents is 1. The maximum atomic E-state index is 12.1. The Morgan fingerprint density at radius 3 is 2.52 bits per heavy atom. The van der Waals surface area contributed by atoms with Gasteiger partial charge in [0.15, 0.2) is 0 Å². The first-order valence-corrected chi connectivity index (χ1v) is 7.41. The second-order valence-electron chi connectivity index (χ2n) is 4.86. The predicted molar refractivity (Wildman–Crippen MR) is 89.6 cm³/mol. The van der Waals surface area contributed by atoms with E-state index in [-0.39, 0.29) is 18.1 Å². The first-order chi connectivity index (χ1) is 11.0. The van der Waals surface area contributed by atoms with E-state index in [2.05, 4.69) is 5.32 Å². The number of rotatable bonds is 6. The number of methoxy groups -OCH3 is 2. The van der Waals surface area contributed by atoms with Gasteiger partial charge in [-0.05, 0) is 24.1 Å². The van der Waals surface area contributed by atoms with Gasteiger partial charge in [-0.1, -0.05) is 29.8 Å². The summed E-state index contributed by atoms with van der Waals surface area (Å²) in [4.78, 5) is 12.1. The molecule has 0 aliphatic rings. The maximum absolute atomic E-state index is 12.1. The molecule has 2 N–H and O–H groups in total. The van der Waals surface area contributed by atoms with E-state index in [0.29, 0.717) is 28.6 Å². The monoisotopic (exact) mass is 335 g/mol. The van der Waals surface area contributed by atoms with Crippen LogP contribution in [0, 0.1) is 0 Å². The molecule has 0 atom stereocenters. The number of carbonyl (C=O) groups excluding carboxylic acids is 1. The molecule has 0 saturated heterocycles. The molecule has 6 heteroatoms. The van der Waals surface area contributed by atoms with E-state index >= 15 is 0 Å². The molecular formula is C17H18ClNO4. The number of phenols is 1. The van der Waals surface area contributed by atoms with Crippen LogP contribution in [0.1, 0.15) is 12.0 Å². The van der Waals surface area contributed by atoms with Crippen molar-refractivity contribution in [1.82, 2.24) is 0 Å². The van der Waals surface area contributed by atoms with Crippen LogP contribution in [0.2, 0.25) is 5.02 Å². The zero-order valence-electron chi connectivity index (χ0n) is 12.9. The highest BCUT2D eigenvalue weighted by molar-refractivity contribution is 6.32. The predicted octanol–water partition coefficient (Wildman–Crippen LogP) is 3.63. The third-order valence-electron chi connectivity index (χ3n) is 3.36. The summed E-state index contributed by atoms with van der Waals surface area (Å²) in [5.41, 5.74) is 1.20. The van der Waals surface area contributed by atoms with E-state index in [1.54, 1.807) is 30.3 Å². The van der Waals surface area contributed by atoms with Gasteiger partial charge >= 0.3 is 0 Å². The van der Waals surface area contributed by atoms with Crippen LogP contribution in [-0.4, -0.2) is 25.2 Å². The molecule has 2 aromatic carbocycles. The minimum Gasteiger partial charge on any atom is -0.508 e. The third-order valence-corrected chi connectivity index (χ3v) is 3.66. The van der Waals surface area contributed by atoms with Crippen molar-refractivity contribution in [2.75, 3.05) is 19.5 Å². The number of halogens is 1. The molecule has 0 unspecified atom stereocenters. The summed E-state index contributed by atoms with van der Waals surface area (Å²) >= 11 is 6.07. The number of aromatic hydroxyl groups is 1. The van der Waals surface area contributed by atoms with Crippen molar-refractivity contribution in [1.29, 1.82) is 0 Å². The molecular weight excluding hydrogens is 318 g/mol. The van der Waals surface area contributed by atoms with Crippen molar-refractivity contribution in [2.45, 2.75) is 12.8 Å². The fraction of sp³-hybridized carbons (Fsp3) is 0.235. The van der Waals surface area contributed by atoms with Crippen LogP contribution in [0.25, 0.3) is 0 Å². The average molecular weight is 336 g/mol. The average Bonchev–Trinajstić information content (AvgIpc) is 2.54. The first-order valence-electron chi connectivity index (χ1n) is 7.03. The van der Waals surface area contributed by atoms with Gasteiger partial charge in [0.2, 0.25) is 5.91 Å². The normalized spacial score (nSPS) is 10.2. The Kier molecular flexibility index (Phi) is 5.71. The molecule has 2 rings (SSSR count). The number of anilines is 1. The van der Waals surface area contributed by atoms with Gasteiger partial charge in [0.05, 0.1) is 24.9 Å². The lowest BCUT2D eigenvalue weighted by molar-refractivity contribution is -0.116. The number of aryl methyl sites for hydroxylation is 1. The lowest BCUT2D eigenvalue weighted by atomic mass is 10.1. The summed E-state index contributed by atoms with van der Waals surface area (Å²) in [6.07, 6.45) is 0.662. The van der Waals surface area contributed by atoms with Crippen LogP contribution in [-0.2, 0) is 11.2 Å². The van der Waals surface area contributed by atoms with E-state index in [1.807, 2.05) is 6.07 Å². The van der Waals surface area contributed by atoms with Gasteiger partial charge in [0.1, 0.15) is 17.2 Å².